The van der Waals surface area contributed by atoms with Crippen molar-refractivity contribution >= 4 is 15.8 Å². The molecule has 0 spiro atoms. The predicted molar refractivity (Wildman–Crippen MR) is 105 cm³/mol. The summed E-state index contributed by atoms with van der Waals surface area (Å²) in [5.41, 5.74) is -4.18. The molecule has 2 aromatic rings. The normalized spacial score (nSPS) is 16.5. The Balaban J connectivity index is 1.55. The number of sulfonamides is 1. The Morgan fingerprint density at radius 3 is 2.53 bits per heavy atom. The molecule has 8 nitrogen and oxygen atoms in total. The first-order chi connectivity index (χ1) is 14.1. The van der Waals surface area contributed by atoms with Gasteiger partial charge in [-0.15, -0.1) is 0 Å². The van der Waals surface area contributed by atoms with Crippen LogP contribution in [0.4, 0.5) is 19.0 Å². The van der Waals surface area contributed by atoms with E-state index in [4.69, 9.17) is 0 Å². The fourth-order valence-electron chi connectivity index (χ4n) is 3.21. The second-order valence-electron chi connectivity index (χ2n) is 7.05. The summed E-state index contributed by atoms with van der Waals surface area (Å²) in [6.45, 7) is 2.05. The van der Waals surface area contributed by atoms with Gasteiger partial charge in [0.05, 0.1) is 0 Å². The molecule has 0 unspecified atom stereocenters. The van der Waals surface area contributed by atoms with Crippen molar-refractivity contribution in [2.75, 3.05) is 25.0 Å². The van der Waals surface area contributed by atoms with Gasteiger partial charge in [-0.25, -0.2) is 18.4 Å². The van der Waals surface area contributed by atoms with Gasteiger partial charge in [0.2, 0.25) is 0 Å². The van der Waals surface area contributed by atoms with Crippen molar-refractivity contribution in [2.24, 2.45) is 5.92 Å². The number of halogens is 3. The highest BCUT2D eigenvalue weighted by molar-refractivity contribution is 7.90. The summed E-state index contributed by atoms with van der Waals surface area (Å²) >= 11 is 0. The summed E-state index contributed by atoms with van der Waals surface area (Å²) < 4.78 is 61.3. The maximum absolute atomic E-state index is 12.6. The number of nitrogens with zero attached hydrogens (tertiary/aromatic N) is 3. The highest BCUT2D eigenvalue weighted by atomic mass is 32.2. The molecule has 0 saturated carbocycles. The highest BCUT2D eigenvalue weighted by Gasteiger charge is 2.50. The van der Waals surface area contributed by atoms with Crippen molar-refractivity contribution in [3.8, 4) is 11.4 Å². The number of pyridine rings is 1. The van der Waals surface area contributed by atoms with E-state index in [2.05, 4.69) is 20.3 Å². The Hall–Kier alpha value is -2.47. The van der Waals surface area contributed by atoms with Gasteiger partial charge in [0.1, 0.15) is 11.6 Å². The molecular weight excluding hydrogens is 423 g/mol. The van der Waals surface area contributed by atoms with Gasteiger partial charge in [0.15, 0.2) is 0 Å². The average molecular weight is 445 g/mol. The average Bonchev–Trinajstić information content (AvgIpc) is 2.71. The number of nitrogens with one attached hydrogen (secondary N) is 2. The molecule has 0 amide bonds. The Bertz CT molecular complexity index is 1030. The summed E-state index contributed by atoms with van der Waals surface area (Å²) in [5.74, 6) is 1.03. The SMILES string of the molecule is CCc1cc(=O)[nH]c(-c2ccc(NCC3CCN(S(=O)(=O)C(F)(F)F)CC3)nc2)n1. The smallest absolute Gasteiger partial charge is 0.370 e. The molecule has 3 rings (SSSR count). The van der Waals surface area contributed by atoms with Crippen LogP contribution in [0.15, 0.2) is 29.2 Å². The van der Waals surface area contributed by atoms with E-state index in [1.165, 1.54) is 6.07 Å². The third-order valence-electron chi connectivity index (χ3n) is 4.97. The minimum atomic E-state index is -5.26. The number of piperidine rings is 1. The van der Waals surface area contributed by atoms with Gasteiger partial charge >= 0.3 is 15.5 Å². The van der Waals surface area contributed by atoms with E-state index < -0.39 is 15.5 Å². The minimum absolute atomic E-state index is 0.0328. The molecule has 1 saturated heterocycles. The molecule has 1 aliphatic heterocycles. The number of aryl methyl sites for hydroxylation is 1. The minimum Gasteiger partial charge on any atom is -0.370 e. The maximum Gasteiger partial charge on any atom is 0.511 e. The summed E-state index contributed by atoms with van der Waals surface area (Å²) in [6.07, 6.45) is 2.86. The van der Waals surface area contributed by atoms with Crippen LogP contribution < -0.4 is 10.9 Å². The molecule has 3 heterocycles. The maximum atomic E-state index is 12.6. The van der Waals surface area contributed by atoms with Gasteiger partial charge < -0.3 is 10.3 Å². The van der Waals surface area contributed by atoms with E-state index in [1.54, 1.807) is 18.3 Å². The number of hydrogen-bond donors (Lipinski definition) is 2. The molecule has 0 aliphatic carbocycles. The number of H-pyrrole nitrogens is 1. The quantitative estimate of drug-likeness (QED) is 0.707. The number of rotatable bonds is 6. The van der Waals surface area contributed by atoms with Crippen LogP contribution in [0.1, 0.15) is 25.5 Å². The first-order valence-electron chi connectivity index (χ1n) is 9.47. The zero-order chi connectivity index (χ0) is 21.9. The van der Waals surface area contributed by atoms with E-state index in [-0.39, 0.29) is 24.6 Å². The lowest BCUT2D eigenvalue weighted by molar-refractivity contribution is -0.0496. The first kappa shape index (κ1) is 22.2. The first-order valence-corrected chi connectivity index (χ1v) is 10.9. The van der Waals surface area contributed by atoms with E-state index in [0.717, 1.165) is 0 Å². The van der Waals surface area contributed by atoms with Crippen molar-refractivity contribution in [1.82, 2.24) is 19.3 Å². The Morgan fingerprint density at radius 2 is 1.97 bits per heavy atom. The second kappa shape index (κ2) is 8.72. The Morgan fingerprint density at radius 1 is 1.27 bits per heavy atom. The van der Waals surface area contributed by atoms with Crippen molar-refractivity contribution in [2.45, 2.75) is 31.7 Å². The lowest BCUT2D eigenvalue weighted by atomic mass is 9.98. The molecular formula is C18H22F3N5O3S. The molecule has 0 bridgehead atoms. The second-order valence-corrected chi connectivity index (χ2v) is 8.97. The van der Waals surface area contributed by atoms with Crippen LogP contribution in [-0.4, -0.2) is 52.8 Å². The number of alkyl halides is 3. The fraction of sp³-hybridized carbons (Fsp3) is 0.500. The molecule has 0 radical (unpaired) electrons. The van der Waals surface area contributed by atoms with Crippen molar-refractivity contribution in [1.29, 1.82) is 0 Å². The molecule has 30 heavy (non-hydrogen) atoms. The molecule has 2 N–H and O–H groups in total. The van der Waals surface area contributed by atoms with Crippen LogP contribution in [0, 0.1) is 5.92 Å². The standard InChI is InChI=1S/C18H22F3N5O3S/c1-2-14-9-16(27)25-17(24-14)13-3-4-15(23-11-13)22-10-12-5-7-26(8-6-12)30(28,29)18(19,20)21/h3-4,9,11-12H,2,5-8,10H2,1H3,(H,22,23)(H,24,25,27). The van der Waals surface area contributed by atoms with Gasteiger partial charge in [-0.3, -0.25) is 4.79 Å². The number of anilines is 1. The monoisotopic (exact) mass is 445 g/mol. The largest absolute Gasteiger partial charge is 0.511 e. The zero-order valence-corrected chi connectivity index (χ0v) is 17.1. The van der Waals surface area contributed by atoms with Gasteiger partial charge in [-0.2, -0.15) is 17.5 Å². The van der Waals surface area contributed by atoms with Crippen LogP contribution in [0.3, 0.4) is 0 Å². The fourth-order valence-corrected chi connectivity index (χ4v) is 4.20. The summed E-state index contributed by atoms with van der Waals surface area (Å²) in [7, 11) is -5.26. The van der Waals surface area contributed by atoms with Gasteiger partial charge in [-0.05, 0) is 37.3 Å². The summed E-state index contributed by atoms with van der Waals surface area (Å²) in [5, 5.41) is 3.12. The molecule has 0 atom stereocenters. The predicted octanol–water partition coefficient (Wildman–Crippen LogP) is 2.37. The highest BCUT2D eigenvalue weighted by Crippen LogP contribution is 2.30. The number of aromatic amines is 1. The van der Waals surface area contributed by atoms with Crippen LogP contribution in [-0.2, 0) is 16.4 Å². The van der Waals surface area contributed by atoms with Gasteiger partial charge in [0.25, 0.3) is 5.56 Å². The third kappa shape index (κ3) is 4.98. The van der Waals surface area contributed by atoms with Crippen LogP contribution in [0.25, 0.3) is 11.4 Å². The van der Waals surface area contributed by atoms with Gasteiger partial charge in [0, 0.05) is 43.2 Å². The van der Waals surface area contributed by atoms with Crippen LogP contribution in [0.5, 0.6) is 0 Å². The zero-order valence-electron chi connectivity index (χ0n) is 16.2. The molecule has 164 valence electrons. The molecule has 1 fully saturated rings. The molecule has 2 aromatic heterocycles. The van der Waals surface area contributed by atoms with Gasteiger partial charge in [-0.1, -0.05) is 6.92 Å². The topological polar surface area (TPSA) is 108 Å². The molecule has 12 heteroatoms. The summed E-state index contributed by atoms with van der Waals surface area (Å²) in [4.78, 5) is 23.0. The van der Waals surface area contributed by atoms with E-state index >= 15 is 0 Å². The summed E-state index contributed by atoms with van der Waals surface area (Å²) in [6, 6.07) is 4.92. The number of hydrogen-bond acceptors (Lipinski definition) is 6. The van der Waals surface area contributed by atoms with E-state index in [0.29, 0.717) is 53.0 Å². The van der Waals surface area contributed by atoms with Crippen molar-refractivity contribution in [3.05, 3.63) is 40.4 Å². The lowest BCUT2D eigenvalue weighted by Crippen LogP contribution is -2.45. The van der Waals surface area contributed by atoms with Crippen LogP contribution >= 0.6 is 0 Å². The van der Waals surface area contributed by atoms with E-state index in [1.807, 2.05) is 6.92 Å². The van der Waals surface area contributed by atoms with Crippen molar-refractivity contribution < 1.29 is 21.6 Å². The van der Waals surface area contributed by atoms with Crippen LogP contribution in [0.2, 0.25) is 0 Å². The molecule has 0 aromatic carbocycles. The number of aromatic nitrogens is 3. The Labute approximate surface area is 171 Å². The third-order valence-corrected chi connectivity index (χ3v) is 6.60. The molecule has 1 aliphatic rings. The lowest BCUT2D eigenvalue weighted by Gasteiger charge is -2.31. The Kier molecular flexibility index (Phi) is 6.46. The van der Waals surface area contributed by atoms with Crippen molar-refractivity contribution in [3.63, 3.8) is 0 Å². The van der Waals surface area contributed by atoms with E-state index in [9.17, 15) is 26.4 Å².